The average Bonchev–Trinajstić information content (AvgIpc) is 2.63. The number of carbonyl (C=O) groups is 1. The molecule has 4 heteroatoms. The number of benzene rings is 2. The predicted molar refractivity (Wildman–Crippen MR) is 113 cm³/mol. The summed E-state index contributed by atoms with van der Waals surface area (Å²) in [4.78, 5) is 25.1. The molecule has 0 aliphatic carbocycles. The van der Waals surface area contributed by atoms with Crippen LogP contribution in [0.1, 0.15) is 51.3 Å². The largest absolute Gasteiger partial charge is 0.355 e. The van der Waals surface area contributed by atoms with Gasteiger partial charge in [-0.3, -0.25) is 4.79 Å². The Morgan fingerprint density at radius 2 is 1.54 bits per heavy atom. The third-order valence-electron chi connectivity index (χ3n) is 5.33. The van der Waals surface area contributed by atoms with Gasteiger partial charge in [0.25, 0.3) is 0 Å². The number of hydrogen-bond donors (Lipinski definition) is 0. The van der Waals surface area contributed by atoms with Crippen LogP contribution in [0.2, 0.25) is 0 Å². The highest BCUT2D eigenvalue weighted by Crippen LogP contribution is 2.43. The van der Waals surface area contributed by atoms with E-state index in [9.17, 15) is 9.70 Å². The lowest BCUT2D eigenvalue weighted by atomic mass is 9.80. The second-order valence-corrected chi connectivity index (χ2v) is 8.36. The van der Waals surface area contributed by atoms with Crippen molar-refractivity contribution in [1.82, 2.24) is 0 Å². The molecule has 0 unspecified atom stereocenters. The zero-order chi connectivity index (χ0) is 20.7. The van der Waals surface area contributed by atoms with Crippen LogP contribution in [-0.4, -0.2) is 17.0 Å². The number of nitroso groups, excluding NO2 is 1. The first-order valence-electron chi connectivity index (χ1n) is 9.64. The Labute approximate surface area is 166 Å². The summed E-state index contributed by atoms with van der Waals surface area (Å²) in [6.45, 7) is 11.1. The van der Waals surface area contributed by atoms with Gasteiger partial charge >= 0.3 is 0 Å². The van der Waals surface area contributed by atoms with Crippen LogP contribution in [0.4, 0.5) is 0 Å². The van der Waals surface area contributed by atoms with E-state index in [0.717, 1.165) is 28.7 Å². The maximum atomic E-state index is 13.3. The van der Waals surface area contributed by atoms with E-state index in [1.54, 1.807) is 27.7 Å². The zero-order valence-electron chi connectivity index (χ0n) is 17.4. The zero-order valence-corrected chi connectivity index (χ0v) is 17.4. The van der Waals surface area contributed by atoms with Gasteiger partial charge in [0.2, 0.25) is 0 Å². The SMILES string of the molecule is CCc1ccc(-c2ccc(C)cc2)cc1C1=C(N=O)C(C)(C)OC(C)(C)C1=O. The molecular weight excluding hydrogens is 350 g/mol. The molecule has 1 aliphatic rings. The topological polar surface area (TPSA) is 55.7 Å². The third kappa shape index (κ3) is 3.45. The monoisotopic (exact) mass is 377 g/mol. The molecule has 2 aromatic rings. The quantitative estimate of drug-likeness (QED) is 0.627. The van der Waals surface area contributed by atoms with Crippen LogP contribution >= 0.6 is 0 Å². The molecular formula is C24H27NO3. The van der Waals surface area contributed by atoms with Crippen molar-refractivity contribution < 1.29 is 9.53 Å². The Kier molecular flexibility index (Phi) is 5.11. The third-order valence-corrected chi connectivity index (χ3v) is 5.33. The molecule has 0 spiro atoms. The van der Waals surface area contributed by atoms with Gasteiger partial charge in [0.15, 0.2) is 5.78 Å². The Bertz CT molecular complexity index is 966. The summed E-state index contributed by atoms with van der Waals surface area (Å²) in [6, 6.07) is 14.3. The fraction of sp³-hybridized carbons (Fsp3) is 0.375. The smallest absolute Gasteiger partial charge is 0.196 e. The summed E-state index contributed by atoms with van der Waals surface area (Å²) in [6.07, 6.45) is 0.744. The number of rotatable bonds is 4. The molecule has 0 bridgehead atoms. The van der Waals surface area contributed by atoms with E-state index < -0.39 is 11.2 Å². The minimum Gasteiger partial charge on any atom is -0.355 e. The number of Topliss-reactive ketones (excluding diaryl/α,β-unsaturated/α-hetero) is 1. The maximum Gasteiger partial charge on any atom is 0.196 e. The van der Waals surface area contributed by atoms with Crippen molar-refractivity contribution in [3.8, 4) is 11.1 Å². The normalized spacial score (nSPS) is 18.3. The molecule has 1 aliphatic heterocycles. The summed E-state index contributed by atoms with van der Waals surface area (Å²) in [5, 5.41) is 3.25. The molecule has 28 heavy (non-hydrogen) atoms. The van der Waals surface area contributed by atoms with Crippen molar-refractivity contribution >= 4 is 11.4 Å². The van der Waals surface area contributed by atoms with Crippen molar-refractivity contribution in [2.75, 3.05) is 0 Å². The number of ketones is 1. The molecule has 3 rings (SSSR count). The molecule has 0 aromatic heterocycles. The lowest BCUT2D eigenvalue weighted by Gasteiger charge is -2.40. The van der Waals surface area contributed by atoms with Crippen LogP contribution in [0.3, 0.4) is 0 Å². The number of nitrogens with zero attached hydrogens (tertiary/aromatic N) is 1. The van der Waals surface area contributed by atoms with Crippen molar-refractivity contribution in [2.24, 2.45) is 5.18 Å². The maximum absolute atomic E-state index is 13.3. The van der Waals surface area contributed by atoms with E-state index in [0.29, 0.717) is 5.57 Å². The van der Waals surface area contributed by atoms with Crippen LogP contribution in [0.15, 0.2) is 53.3 Å². The highest BCUT2D eigenvalue weighted by Gasteiger charge is 2.47. The number of hydrogen-bond acceptors (Lipinski definition) is 4. The molecule has 0 fully saturated rings. The van der Waals surface area contributed by atoms with Gasteiger partial charge in [-0.05, 0) is 74.5 Å². The van der Waals surface area contributed by atoms with Crippen molar-refractivity contribution in [3.05, 3.63) is 69.8 Å². The van der Waals surface area contributed by atoms with Crippen molar-refractivity contribution in [1.29, 1.82) is 0 Å². The lowest BCUT2D eigenvalue weighted by molar-refractivity contribution is -0.152. The summed E-state index contributed by atoms with van der Waals surface area (Å²) >= 11 is 0. The molecule has 0 saturated heterocycles. The van der Waals surface area contributed by atoms with E-state index in [1.165, 1.54) is 5.56 Å². The highest BCUT2D eigenvalue weighted by molar-refractivity contribution is 6.26. The van der Waals surface area contributed by atoms with Crippen molar-refractivity contribution in [3.63, 3.8) is 0 Å². The van der Waals surface area contributed by atoms with E-state index in [4.69, 9.17) is 4.74 Å². The Morgan fingerprint density at radius 3 is 2.11 bits per heavy atom. The Hall–Kier alpha value is -2.59. The molecule has 0 saturated carbocycles. The first-order chi connectivity index (χ1) is 13.1. The number of carbonyl (C=O) groups excluding carboxylic acids is 1. The summed E-state index contributed by atoms with van der Waals surface area (Å²) < 4.78 is 5.93. The number of ether oxygens (including phenoxy) is 1. The molecule has 2 aromatic carbocycles. The fourth-order valence-corrected chi connectivity index (χ4v) is 3.89. The van der Waals surface area contributed by atoms with Crippen LogP contribution in [-0.2, 0) is 16.0 Å². The number of aryl methyl sites for hydroxylation is 2. The second-order valence-electron chi connectivity index (χ2n) is 8.36. The van der Waals surface area contributed by atoms with Crippen LogP contribution in [0, 0.1) is 11.8 Å². The molecule has 1 heterocycles. The standard InChI is InChI=1S/C24H27NO3/c1-7-16-12-13-18(17-10-8-15(2)9-11-17)14-19(16)20-21(25-27)23(3,4)28-24(5,6)22(20)26/h8-14H,7H2,1-6H3. The van der Waals surface area contributed by atoms with Gasteiger partial charge in [-0.1, -0.05) is 48.9 Å². The molecule has 146 valence electrons. The minimum absolute atomic E-state index is 0.160. The average molecular weight is 377 g/mol. The van der Waals surface area contributed by atoms with Gasteiger partial charge in [0.05, 0.1) is 5.57 Å². The lowest BCUT2D eigenvalue weighted by Crippen LogP contribution is -2.49. The second kappa shape index (κ2) is 7.10. The first kappa shape index (κ1) is 20.2. The molecule has 0 radical (unpaired) electrons. The van der Waals surface area contributed by atoms with Crippen LogP contribution < -0.4 is 0 Å². The van der Waals surface area contributed by atoms with Gasteiger partial charge in [-0.25, -0.2) is 0 Å². The fourth-order valence-electron chi connectivity index (χ4n) is 3.89. The minimum atomic E-state index is -1.03. The predicted octanol–water partition coefficient (Wildman–Crippen LogP) is 5.86. The summed E-state index contributed by atoms with van der Waals surface area (Å²) in [5.41, 5.74) is 3.59. The Balaban J connectivity index is 2.29. The van der Waals surface area contributed by atoms with Gasteiger partial charge in [0.1, 0.15) is 16.9 Å². The highest BCUT2D eigenvalue weighted by atomic mass is 16.5. The van der Waals surface area contributed by atoms with E-state index in [-0.39, 0.29) is 11.5 Å². The molecule has 0 N–H and O–H groups in total. The van der Waals surface area contributed by atoms with Crippen molar-refractivity contribution in [2.45, 2.75) is 59.2 Å². The molecule has 4 nitrogen and oxygen atoms in total. The van der Waals surface area contributed by atoms with Crippen LogP contribution in [0.5, 0.6) is 0 Å². The van der Waals surface area contributed by atoms with Gasteiger partial charge in [-0.15, -0.1) is 4.91 Å². The first-order valence-corrected chi connectivity index (χ1v) is 9.64. The van der Waals surface area contributed by atoms with Crippen LogP contribution in [0.25, 0.3) is 16.7 Å². The summed E-state index contributed by atoms with van der Waals surface area (Å²) in [7, 11) is 0. The van der Waals surface area contributed by atoms with Gasteiger partial charge < -0.3 is 4.74 Å². The molecule has 0 atom stereocenters. The van der Waals surface area contributed by atoms with Gasteiger partial charge in [-0.2, -0.15) is 0 Å². The van der Waals surface area contributed by atoms with E-state index in [2.05, 4.69) is 35.5 Å². The van der Waals surface area contributed by atoms with E-state index >= 15 is 0 Å². The molecule has 0 amide bonds. The summed E-state index contributed by atoms with van der Waals surface area (Å²) in [5.74, 6) is -0.211. The Morgan fingerprint density at radius 1 is 0.929 bits per heavy atom. The van der Waals surface area contributed by atoms with E-state index in [1.807, 2.05) is 26.0 Å². The van der Waals surface area contributed by atoms with Gasteiger partial charge in [0, 0.05) is 0 Å².